The molecule has 0 bridgehead atoms. The first-order valence-corrected chi connectivity index (χ1v) is 10.9. The van der Waals surface area contributed by atoms with Gasteiger partial charge in [0, 0.05) is 16.6 Å². The maximum atomic E-state index is 12.4. The predicted octanol–water partition coefficient (Wildman–Crippen LogP) is 5.01. The number of aromatic nitrogens is 3. The predicted molar refractivity (Wildman–Crippen MR) is 117 cm³/mol. The minimum absolute atomic E-state index is 0.0276. The normalized spacial score (nSPS) is 12.0. The third kappa shape index (κ3) is 5.02. The summed E-state index contributed by atoms with van der Waals surface area (Å²) in [4.78, 5) is 12.4. The van der Waals surface area contributed by atoms with Crippen molar-refractivity contribution in [3.05, 3.63) is 64.1 Å². The fourth-order valence-electron chi connectivity index (χ4n) is 2.95. The first kappa shape index (κ1) is 20.6. The fraction of sp³-hybridized carbons (Fsp3) is 0.286. The van der Waals surface area contributed by atoms with E-state index in [0.717, 1.165) is 33.1 Å². The second-order valence-corrected chi connectivity index (χ2v) is 8.41. The highest BCUT2D eigenvalue weighted by molar-refractivity contribution is 9.10. The van der Waals surface area contributed by atoms with Crippen LogP contribution in [0, 0.1) is 6.92 Å². The molecule has 1 heterocycles. The lowest BCUT2D eigenvalue weighted by Gasteiger charge is -2.14. The number of nitrogens with one attached hydrogen (secondary N) is 1. The van der Waals surface area contributed by atoms with E-state index in [4.69, 9.17) is 0 Å². The molecule has 0 aliphatic carbocycles. The minimum atomic E-state index is -0.0579. The van der Waals surface area contributed by atoms with Gasteiger partial charge in [-0.25, -0.2) is 0 Å². The molecule has 3 rings (SSSR count). The molecule has 0 saturated heterocycles. The zero-order valence-electron chi connectivity index (χ0n) is 16.1. The standard InChI is InChI=1S/C21H23BrN4OS/c1-4-26-20(17-9-5-7-14(2)11-17)24-25-21(26)28-13-19(27)23-15(3)16-8-6-10-18(22)12-16/h5-12,15H,4,13H2,1-3H3,(H,23,27). The number of rotatable bonds is 7. The average molecular weight is 459 g/mol. The van der Waals surface area contributed by atoms with Gasteiger partial charge in [0.05, 0.1) is 11.8 Å². The number of thioether (sulfide) groups is 1. The van der Waals surface area contributed by atoms with E-state index >= 15 is 0 Å². The minimum Gasteiger partial charge on any atom is -0.349 e. The number of amides is 1. The molecule has 146 valence electrons. The highest BCUT2D eigenvalue weighted by atomic mass is 79.9. The number of hydrogen-bond acceptors (Lipinski definition) is 4. The van der Waals surface area contributed by atoms with Gasteiger partial charge in [-0.2, -0.15) is 0 Å². The van der Waals surface area contributed by atoms with Gasteiger partial charge < -0.3 is 9.88 Å². The molecule has 1 amide bonds. The van der Waals surface area contributed by atoms with Gasteiger partial charge in [0.15, 0.2) is 11.0 Å². The van der Waals surface area contributed by atoms with Crippen molar-refractivity contribution in [3.63, 3.8) is 0 Å². The van der Waals surface area contributed by atoms with Crippen LogP contribution in [0.2, 0.25) is 0 Å². The van der Waals surface area contributed by atoms with Crippen molar-refractivity contribution < 1.29 is 4.79 Å². The lowest BCUT2D eigenvalue weighted by molar-refractivity contribution is -0.119. The molecule has 2 aromatic carbocycles. The molecule has 1 N–H and O–H groups in total. The Labute approximate surface area is 178 Å². The summed E-state index contributed by atoms with van der Waals surface area (Å²) < 4.78 is 3.05. The smallest absolute Gasteiger partial charge is 0.230 e. The van der Waals surface area contributed by atoms with Crippen LogP contribution in [0.5, 0.6) is 0 Å². The number of carbonyl (C=O) groups is 1. The Bertz CT molecular complexity index is 973. The Hall–Kier alpha value is -2.12. The van der Waals surface area contributed by atoms with E-state index in [-0.39, 0.29) is 11.9 Å². The molecule has 0 radical (unpaired) electrons. The summed E-state index contributed by atoms with van der Waals surface area (Å²) in [6.07, 6.45) is 0. The van der Waals surface area contributed by atoms with Crippen molar-refractivity contribution in [2.45, 2.75) is 38.5 Å². The van der Waals surface area contributed by atoms with E-state index in [1.54, 1.807) is 0 Å². The van der Waals surface area contributed by atoms with E-state index in [1.807, 2.05) is 47.9 Å². The van der Waals surface area contributed by atoms with Crippen LogP contribution in [0.15, 0.2) is 58.2 Å². The summed E-state index contributed by atoms with van der Waals surface area (Å²) in [5, 5.41) is 12.4. The summed E-state index contributed by atoms with van der Waals surface area (Å²) in [5.41, 5.74) is 3.28. The number of benzene rings is 2. The first-order valence-electron chi connectivity index (χ1n) is 9.15. The Morgan fingerprint density at radius 3 is 2.71 bits per heavy atom. The molecule has 3 aromatic rings. The van der Waals surface area contributed by atoms with Crippen molar-refractivity contribution in [1.82, 2.24) is 20.1 Å². The van der Waals surface area contributed by atoms with Gasteiger partial charge >= 0.3 is 0 Å². The Morgan fingerprint density at radius 1 is 1.21 bits per heavy atom. The molecule has 28 heavy (non-hydrogen) atoms. The van der Waals surface area contributed by atoms with Gasteiger partial charge in [-0.15, -0.1) is 10.2 Å². The summed E-state index contributed by atoms with van der Waals surface area (Å²) in [5.74, 6) is 1.10. The Kier molecular flexibility index (Phi) is 6.91. The number of carbonyl (C=O) groups excluding carboxylic acids is 1. The molecule has 0 aliphatic rings. The molecule has 0 aliphatic heterocycles. The van der Waals surface area contributed by atoms with Crippen molar-refractivity contribution in [1.29, 1.82) is 0 Å². The van der Waals surface area contributed by atoms with E-state index < -0.39 is 0 Å². The highest BCUT2D eigenvalue weighted by Crippen LogP contribution is 2.25. The lowest BCUT2D eigenvalue weighted by atomic mass is 10.1. The maximum Gasteiger partial charge on any atom is 0.230 e. The zero-order valence-corrected chi connectivity index (χ0v) is 18.5. The largest absolute Gasteiger partial charge is 0.349 e. The zero-order chi connectivity index (χ0) is 20.1. The lowest BCUT2D eigenvalue weighted by Crippen LogP contribution is -2.28. The van der Waals surface area contributed by atoms with Crippen LogP contribution in [0.4, 0.5) is 0 Å². The maximum absolute atomic E-state index is 12.4. The Morgan fingerprint density at radius 2 is 2.00 bits per heavy atom. The van der Waals surface area contributed by atoms with E-state index in [0.29, 0.717) is 5.75 Å². The van der Waals surface area contributed by atoms with E-state index in [2.05, 4.69) is 57.4 Å². The molecule has 5 nitrogen and oxygen atoms in total. The van der Waals surface area contributed by atoms with Crippen LogP contribution >= 0.6 is 27.7 Å². The molecule has 1 aromatic heterocycles. The number of halogens is 1. The van der Waals surface area contributed by atoms with Crippen LogP contribution in [0.25, 0.3) is 11.4 Å². The van der Waals surface area contributed by atoms with Crippen LogP contribution < -0.4 is 5.32 Å². The van der Waals surface area contributed by atoms with E-state index in [1.165, 1.54) is 17.3 Å². The van der Waals surface area contributed by atoms with Gasteiger partial charge in [-0.05, 0) is 44.5 Å². The van der Waals surface area contributed by atoms with Gasteiger partial charge in [0.2, 0.25) is 5.91 Å². The van der Waals surface area contributed by atoms with E-state index in [9.17, 15) is 4.79 Å². The first-order chi connectivity index (χ1) is 13.5. The molecular weight excluding hydrogens is 436 g/mol. The number of hydrogen-bond donors (Lipinski definition) is 1. The molecule has 0 saturated carbocycles. The molecule has 0 fully saturated rings. The van der Waals surface area contributed by atoms with Crippen molar-refractivity contribution in [2.75, 3.05) is 5.75 Å². The molecule has 1 atom stereocenters. The summed E-state index contributed by atoms with van der Waals surface area (Å²) >= 11 is 4.87. The van der Waals surface area contributed by atoms with Gasteiger partial charge in [-0.1, -0.05) is 63.6 Å². The number of aryl methyl sites for hydroxylation is 1. The summed E-state index contributed by atoms with van der Waals surface area (Å²) in [6.45, 7) is 6.84. The third-order valence-electron chi connectivity index (χ3n) is 4.37. The third-order valence-corrected chi connectivity index (χ3v) is 5.83. The fourth-order valence-corrected chi connectivity index (χ4v) is 4.18. The van der Waals surface area contributed by atoms with Gasteiger partial charge in [-0.3, -0.25) is 4.79 Å². The topological polar surface area (TPSA) is 59.8 Å². The van der Waals surface area contributed by atoms with Crippen molar-refractivity contribution in [2.24, 2.45) is 0 Å². The van der Waals surface area contributed by atoms with Crippen LogP contribution in [0.3, 0.4) is 0 Å². The summed E-state index contributed by atoms with van der Waals surface area (Å²) in [6, 6.07) is 16.1. The molecule has 0 spiro atoms. The Balaban J connectivity index is 1.65. The monoisotopic (exact) mass is 458 g/mol. The van der Waals surface area contributed by atoms with Gasteiger partial charge in [0.25, 0.3) is 0 Å². The summed E-state index contributed by atoms with van der Waals surface area (Å²) in [7, 11) is 0. The van der Waals surface area contributed by atoms with Crippen molar-refractivity contribution >= 4 is 33.6 Å². The highest BCUT2D eigenvalue weighted by Gasteiger charge is 2.16. The SMILES string of the molecule is CCn1c(SCC(=O)NC(C)c2cccc(Br)c2)nnc1-c1cccc(C)c1. The van der Waals surface area contributed by atoms with Crippen LogP contribution in [0.1, 0.15) is 31.0 Å². The van der Waals surface area contributed by atoms with Crippen molar-refractivity contribution in [3.8, 4) is 11.4 Å². The number of nitrogens with zero attached hydrogens (tertiary/aromatic N) is 3. The molecule has 7 heteroatoms. The van der Waals surface area contributed by atoms with Crippen LogP contribution in [-0.2, 0) is 11.3 Å². The average Bonchev–Trinajstić information content (AvgIpc) is 3.09. The molecular formula is C21H23BrN4OS. The second kappa shape index (κ2) is 9.39. The molecule has 1 unspecified atom stereocenters. The quantitative estimate of drug-likeness (QED) is 0.505. The van der Waals surface area contributed by atoms with Crippen LogP contribution in [-0.4, -0.2) is 26.4 Å². The van der Waals surface area contributed by atoms with Gasteiger partial charge in [0.1, 0.15) is 0 Å². The second-order valence-electron chi connectivity index (χ2n) is 6.55.